The van der Waals surface area contributed by atoms with Gasteiger partial charge in [-0.15, -0.1) is 0 Å². The molecule has 4 aliphatic rings. The van der Waals surface area contributed by atoms with E-state index < -0.39 is 0 Å². The number of carbonyl (C=O) groups excluding carboxylic acids is 2. The predicted octanol–water partition coefficient (Wildman–Crippen LogP) is 0.767. The summed E-state index contributed by atoms with van der Waals surface area (Å²) in [6.45, 7) is 0.150. The van der Waals surface area contributed by atoms with Crippen LogP contribution in [-0.2, 0) is 19.1 Å². The second kappa shape index (κ2) is 3.95. The maximum atomic E-state index is 11.7. The van der Waals surface area contributed by atoms with Crippen LogP contribution in [0.5, 0.6) is 0 Å². The Labute approximate surface area is 106 Å². The molecule has 2 bridgehead atoms. The van der Waals surface area contributed by atoms with E-state index in [0.29, 0.717) is 0 Å². The summed E-state index contributed by atoms with van der Waals surface area (Å²) in [4.78, 5) is 23.2. The highest BCUT2D eigenvalue weighted by atomic mass is 16.5. The van der Waals surface area contributed by atoms with Crippen LogP contribution in [0.15, 0.2) is 0 Å². The molecule has 4 fully saturated rings. The van der Waals surface area contributed by atoms with Crippen LogP contribution in [0.4, 0.5) is 0 Å². The maximum Gasteiger partial charge on any atom is 0.312 e. The second-order valence-electron chi connectivity index (χ2n) is 5.99. The van der Waals surface area contributed by atoms with Gasteiger partial charge < -0.3 is 14.8 Å². The van der Waals surface area contributed by atoms with Gasteiger partial charge >= 0.3 is 5.97 Å². The lowest BCUT2D eigenvalue weighted by Crippen LogP contribution is -2.77. The molecule has 0 heterocycles. The van der Waals surface area contributed by atoms with Crippen molar-refractivity contribution in [3.63, 3.8) is 0 Å². The Balaban J connectivity index is 1.40. The van der Waals surface area contributed by atoms with Gasteiger partial charge in [0.1, 0.15) is 6.61 Å². The molecule has 0 aromatic rings. The van der Waals surface area contributed by atoms with Crippen molar-refractivity contribution in [2.45, 2.75) is 50.2 Å². The summed E-state index contributed by atoms with van der Waals surface area (Å²) in [7, 11) is 1.42. The van der Waals surface area contributed by atoms with Crippen molar-refractivity contribution in [2.75, 3.05) is 13.7 Å². The van der Waals surface area contributed by atoms with Gasteiger partial charge in [-0.2, -0.15) is 0 Å². The minimum absolute atomic E-state index is 0.0555. The van der Waals surface area contributed by atoms with Gasteiger partial charge in [0.2, 0.25) is 5.91 Å². The van der Waals surface area contributed by atoms with Crippen LogP contribution in [0.25, 0.3) is 0 Å². The molecule has 0 atom stereocenters. The Morgan fingerprint density at radius 2 is 1.94 bits per heavy atom. The van der Waals surface area contributed by atoms with Crippen molar-refractivity contribution in [2.24, 2.45) is 5.41 Å². The minimum atomic E-state index is -0.295. The average molecular weight is 253 g/mol. The summed E-state index contributed by atoms with van der Waals surface area (Å²) in [6.07, 6.45) is 5.81. The highest BCUT2D eigenvalue weighted by molar-refractivity contribution is 5.85. The van der Waals surface area contributed by atoms with E-state index in [1.165, 1.54) is 13.5 Å². The van der Waals surface area contributed by atoms with E-state index in [9.17, 15) is 9.59 Å². The van der Waals surface area contributed by atoms with Crippen LogP contribution in [0.2, 0.25) is 0 Å². The monoisotopic (exact) mass is 253 g/mol. The van der Waals surface area contributed by atoms with Gasteiger partial charge in [-0.3, -0.25) is 9.59 Å². The Hall–Kier alpha value is -1.10. The molecule has 4 rings (SSSR count). The Kier molecular flexibility index (Phi) is 2.62. The maximum absolute atomic E-state index is 11.7. The number of ether oxygens (including phenoxy) is 2. The fraction of sp³-hybridized carbons (Fsp3) is 0.846. The first-order valence-corrected chi connectivity index (χ1v) is 6.59. The number of methoxy groups -OCH3 is 1. The highest BCUT2D eigenvalue weighted by Crippen LogP contribution is 2.67. The standard InChI is InChI=1S/C13H19NO4/c1-17-11(16)12-6-13(7-12,8-12)14-10(15)5-18-9-3-2-4-9/h9H,2-8H2,1H3,(H,14,15). The molecule has 5 heteroatoms. The molecule has 1 N–H and O–H groups in total. The predicted molar refractivity (Wildman–Crippen MR) is 62.8 cm³/mol. The van der Waals surface area contributed by atoms with E-state index in [1.54, 1.807) is 0 Å². The number of rotatable bonds is 5. The Bertz CT molecular complexity index is 369. The van der Waals surface area contributed by atoms with Gasteiger partial charge in [-0.05, 0) is 38.5 Å². The van der Waals surface area contributed by atoms with E-state index in [0.717, 1.165) is 32.1 Å². The van der Waals surface area contributed by atoms with E-state index in [2.05, 4.69) is 5.32 Å². The van der Waals surface area contributed by atoms with Crippen LogP contribution in [0, 0.1) is 5.41 Å². The van der Waals surface area contributed by atoms with Crippen LogP contribution in [-0.4, -0.2) is 37.2 Å². The van der Waals surface area contributed by atoms with E-state index >= 15 is 0 Å². The smallest absolute Gasteiger partial charge is 0.312 e. The zero-order valence-electron chi connectivity index (χ0n) is 10.7. The second-order valence-corrected chi connectivity index (χ2v) is 5.99. The van der Waals surface area contributed by atoms with Gasteiger partial charge in [-0.25, -0.2) is 0 Å². The lowest BCUT2D eigenvalue weighted by molar-refractivity contribution is -0.203. The van der Waals surface area contributed by atoms with Crippen LogP contribution in [0.1, 0.15) is 38.5 Å². The minimum Gasteiger partial charge on any atom is -0.469 e. The van der Waals surface area contributed by atoms with Crippen molar-refractivity contribution in [3.8, 4) is 0 Å². The van der Waals surface area contributed by atoms with Gasteiger partial charge in [0.05, 0.1) is 18.6 Å². The third-order valence-electron chi connectivity index (χ3n) is 4.56. The number of esters is 1. The first kappa shape index (κ1) is 12.0. The molecule has 0 unspecified atom stereocenters. The fourth-order valence-electron chi connectivity index (χ4n) is 3.42. The first-order chi connectivity index (χ1) is 8.57. The molecule has 1 amide bonds. The molecule has 0 radical (unpaired) electrons. The summed E-state index contributed by atoms with van der Waals surface area (Å²) in [5, 5.41) is 2.99. The first-order valence-electron chi connectivity index (χ1n) is 6.59. The number of carbonyl (C=O) groups is 2. The summed E-state index contributed by atoms with van der Waals surface area (Å²) in [6, 6.07) is 0. The van der Waals surface area contributed by atoms with Gasteiger partial charge in [0.15, 0.2) is 0 Å². The molecule has 0 spiro atoms. The number of amides is 1. The Morgan fingerprint density at radius 1 is 1.28 bits per heavy atom. The Morgan fingerprint density at radius 3 is 2.44 bits per heavy atom. The molecule has 0 saturated heterocycles. The third-order valence-corrected chi connectivity index (χ3v) is 4.56. The van der Waals surface area contributed by atoms with E-state index in [4.69, 9.17) is 9.47 Å². The lowest BCUT2D eigenvalue weighted by Gasteiger charge is -2.68. The van der Waals surface area contributed by atoms with Gasteiger partial charge in [0, 0.05) is 5.54 Å². The third kappa shape index (κ3) is 1.72. The van der Waals surface area contributed by atoms with Crippen molar-refractivity contribution >= 4 is 11.9 Å². The zero-order valence-corrected chi connectivity index (χ0v) is 10.7. The molecule has 4 saturated carbocycles. The van der Waals surface area contributed by atoms with Crippen molar-refractivity contribution in [1.82, 2.24) is 5.32 Å². The lowest BCUT2D eigenvalue weighted by atomic mass is 9.39. The number of hydrogen-bond acceptors (Lipinski definition) is 4. The largest absolute Gasteiger partial charge is 0.469 e. The SMILES string of the molecule is COC(=O)C12CC(NC(=O)COC3CCC3)(C1)C2. The van der Waals surface area contributed by atoms with Gasteiger partial charge in [-0.1, -0.05) is 0 Å². The normalized spacial score (nSPS) is 36.9. The molecule has 0 aliphatic heterocycles. The van der Waals surface area contributed by atoms with Crippen molar-refractivity contribution in [3.05, 3.63) is 0 Å². The molecule has 0 aromatic heterocycles. The van der Waals surface area contributed by atoms with E-state index in [-0.39, 0.29) is 35.5 Å². The van der Waals surface area contributed by atoms with Crippen molar-refractivity contribution < 1.29 is 19.1 Å². The molecular weight excluding hydrogens is 234 g/mol. The highest BCUT2D eigenvalue weighted by Gasteiger charge is 2.73. The number of nitrogens with one attached hydrogen (secondary N) is 1. The molecule has 18 heavy (non-hydrogen) atoms. The summed E-state index contributed by atoms with van der Waals surface area (Å²) >= 11 is 0. The summed E-state index contributed by atoms with van der Waals surface area (Å²) in [5.74, 6) is -0.190. The van der Waals surface area contributed by atoms with Crippen LogP contribution < -0.4 is 5.32 Å². The summed E-state index contributed by atoms with van der Waals surface area (Å²) < 4.78 is 10.2. The van der Waals surface area contributed by atoms with Crippen LogP contribution in [0.3, 0.4) is 0 Å². The average Bonchev–Trinajstić information content (AvgIpc) is 2.18. The zero-order chi connectivity index (χ0) is 12.8. The molecule has 5 nitrogen and oxygen atoms in total. The number of hydrogen-bond donors (Lipinski definition) is 1. The van der Waals surface area contributed by atoms with Crippen molar-refractivity contribution in [1.29, 1.82) is 0 Å². The van der Waals surface area contributed by atoms with E-state index in [1.807, 2.05) is 0 Å². The molecule has 4 aliphatic carbocycles. The fourth-order valence-corrected chi connectivity index (χ4v) is 3.42. The molecular formula is C13H19NO4. The molecule has 100 valence electrons. The van der Waals surface area contributed by atoms with Crippen LogP contribution >= 0.6 is 0 Å². The summed E-state index contributed by atoms with van der Waals surface area (Å²) in [5.41, 5.74) is -0.439. The van der Waals surface area contributed by atoms with Gasteiger partial charge in [0.25, 0.3) is 0 Å². The quantitative estimate of drug-likeness (QED) is 0.735. The topological polar surface area (TPSA) is 64.6 Å². The molecule has 0 aromatic carbocycles.